The number of sulfone groups is 1. The lowest BCUT2D eigenvalue weighted by molar-refractivity contribution is -0.132. The molecule has 1 amide bonds. The van der Waals surface area contributed by atoms with Crippen LogP contribution >= 0.6 is 0 Å². The van der Waals surface area contributed by atoms with Gasteiger partial charge in [-0.1, -0.05) is 36.4 Å². The van der Waals surface area contributed by atoms with E-state index in [2.05, 4.69) is 0 Å². The van der Waals surface area contributed by atoms with E-state index in [9.17, 15) is 13.2 Å². The van der Waals surface area contributed by atoms with Crippen molar-refractivity contribution in [2.24, 2.45) is 0 Å². The summed E-state index contributed by atoms with van der Waals surface area (Å²) in [4.78, 5) is 14.3. The molecule has 0 fully saturated rings. The molecule has 0 aliphatic carbocycles. The number of likely N-dealkylation sites (N-methyl/N-ethyl adjacent to an activating group) is 1. The maximum atomic E-state index is 12.6. The lowest BCUT2D eigenvalue weighted by Gasteiger charge is -2.19. The van der Waals surface area contributed by atoms with Gasteiger partial charge >= 0.3 is 0 Å². The number of ether oxygens (including phenoxy) is 2. The molecule has 7 heteroatoms. The fourth-order valence-corrected chi connectivity index (χ4v) is 4.17. The van der Waals surface area contributed by atoms with Crippen LogP contribution in [0.3, 0.4) is 0 Å². The maximum Gasteiger partial charge on any atom is 0.260 e. The zero-order valence-electron chi connectivity index (χ0n) is 16.8. The second-order valence-corrected chi connectivity index (χ2v) is 8.59. The van der Waals surface area contributed by atoms with Crippen LogP contribution in [0.4, 0.5) is 0 Å². The SMILES string of the molecule is COc1ccccc1CN(C)C(=O)COc1ccc(S(=O)(=O)c2ccccc2)cc1. The van der Waals surface area contributed by atoms with Gasteiger partial charge in [-0.25, -0.2) is 8.42 Å². The first-order valence-corrected chi connectivity index (χ1v) is 10.8. The summed E-state index contributed by atoms with van der Waals surface area (Å²) in [6, 6.07) is 21.8. The van der Waals surface area contributed by atoms with E-state index in [4.69, 9.17) is 9.47 Å². The van der Waals surface area contributed by atoms with E-state index >= 15 is 0 Å². The third kappa shape index (κ3) is 4.99. The van der Waals surface area contributed by atoms with Crippen LogP contribution in [0, 0.1) is 0 Å². The predicted molar refractivity (Wildman–Crippen MR) is 113 cm³/mol. The highest BCUT2D eigenvalue weighted by Gasteiger charge is 2.17. The number of hydrogen-bond acceptors (Lipinski definition) is 5. The van der Waals surface area contributed by atoms with Crippen molar-refractivity contribution in [2.75, 3.05) is 20.8 Å². The van der Waals surface area contributed by atoms with Gasteiger partial charge in [0, 0.05) is 19.2 Å². The van der Waals surface area contributed by atoms with Gasteiger partial charge in [0.1, 0.15) is 11.5 Å². The average molecular weight is 426 g/mol. The Hall–Kier alpha value is -3.32. The molecule has 0 aliphatic rings. The van der Waals surface area contributed by atoms with Crippen molar-refractivity contribution in [1.29, 1.82) is 0 Å². The summed E-state index contributed by atoms with van der Waals surface area (Å²) < 4.78 is 36.1. The number of benzene rings is 3. The fourth-order valence-electron chi connectivity index (χ4n) is 2.88. The Morgan fingerprint density at radius 1 is 0.867 bits per heavy atom. The van der Waals surface area contributed by atoms with Gasteiger partial charge in [-0.3, -0.25) is 4.79 Å². The van der Waals surface area contributed by atoms with Crippen LogP contribution in [0.25, 0.3) is 0 Å². The van der Waals surface area contributed by atoms with Crippen LogP contribution in [0.2, 0.25) is 0 Å². The number of para-hydroxylation sites is 1. The molecule has 0 aromatic heterocycles. The number of hydrogen-bond donors (Lipinski definition) is 0. The van der Waals surface area contributed by atoms with Crippen LogP contribution in [0.1, 0.15) is 5.56 Å². The second kappa shape index (κ2) is 9.45. The molecular weight excluding hydrogens is 402 g/mol. The van der Waals surface area contributed by atoms with Crippen LogP contribution in [-0.4, -0.2) is 40.0 Å². The van der Waals surface area contributed by atoms with E-state index in [0.29, 0.717) is 18.0 Å². The van der Waals surface area contributed by atoms with Gasteiger partial charge in [0.25, 0.3) is 5.91 Å². The lowest BCUT2D eigenvalue weighted by Crippen LogP contribution is -2.31. The third-order valence-electron chi connectivity index (χ3n) is 4.58. The first-order chi connectivity index (χ1) is 14.4. The smallest absolute Gasteiger partial charge is 0.260 e. The van der Waals surface area contributed by atoms with Crippen LogP contribution in [-0.2, 0) is 21.2 Å². The van der Waals surface area contributed by atoms with Crippen LogP contribution in [0.15, 0.2) is 88.7 Å². The van der Waals surface area contributed by atoms with Crippen molar-refractivity contribution in [3.8, 4) is 11.5 Å². The summed E-state index contributed by atoms with van der Waals surface area (Å²) in [6.45, 7) is 0.233. The molecule has 30 heavy (non-hydrogen) atoms. The van der Waals surface area contributed by atoms with Crippen molar-refractivity contribution < 1.29 is 22.7 Å². The van der Waals surface area contributed by atoms with Gasteiger partial charge in [0.05, 0.1) is 16.9 Å². The molecule has 6 nitrogen and oxygen atoms in total. The van der Waals surface area contributed by atoms with Crippen LogP contribution < -0.4 is 9.47 Å². The Labute approximate surface area is 176 Å². The molecule has 0 saturated carbocycles. The van der Waals surface area contributed by atoms with Crippen molar-refractivity contribution in [3.63, 3.8) is 0 Å². The molecule has 0 atom stereocenters. The predicted octanol–water partition coefficient (Wildman–Crippen LogP) is 3.57. The van der Waals surface area contributed by atoms with Gasteiger partial charge in [-0.2, -0.15) is 0 Å². The summed E-state index contributed by atoms with van der Waals surface area (Å²) in [6.07, 6.45) is 0. The molecule has 0 unspecified atom stereocenters. The molecule has 3 rings (SSSR count). The largest absolute Gasteiger partial charge is 0.496 e. The molecule has 3 aromatic rings. The third-order valence-corrected chi connectivity index (χ3v) is 6.36. The van der Waals surface area contributed by atoms with E-state index < -0.39 is 9.84 Å². The highest BCUT2D eigenvalue weighted by atomic mass is 32.2. The molecule has 0 aliphatic heterocycles. The van der Waals surface area contributed by atoms with Crippen molar-refractivity contribution in [1.82, 2.24) is 4.90 Å². The number of carbonyl (C=O) groups is 1. The van der Waals surface area contributed by atoms with E-state index in [1.165, 1.54) is 12.1 Å². The quantitative estimate of drug-likeness (QED) is 0.552. The highest BCUT2D eigenvalue weighted by Crippen LogP contribution is 2.23. The fraction of sp³-hybridized carbons (Fsp3) is 0.174. The van der Waals surface area contributed by atoms with E-state index in [1.54, 1.807) is 61.5 Å². The Balaban J connectivity index is 1.60. The zero-order chi connectivity index (χ0) is 21.6. The monoisotopic (exact) mass is 425 g/mol. The Kier molecular flexibility index (Phi) is 6.74. The number of carbonyl (C=O) groups excluding carboxylic acids is 1. The summed E-state index contributed by atoms with van der Waals surface area (Å²) in [5.74, 6) is 0.927. The topological polar surface area (TPSA) is 72.9 Å². The standard InChI is InChI=1S/C23H23NO5S/c1-24(16-18-8-6-7-11-22(18)28-2)23(25)17-29-19-12-14-21(15-13-19)30(26,27)20-9-4-3-5-10-20/h3-15H,16-17H2,1-2H3. The Bertz CT molecular complexity index is 1100. The van der Waals surface area contributed by atoms with E-state index in [1.807, 2.05) is 24.3 Å². The van der Waals surface area contributed by atoms with E-state index in [-0.39, 0.29) is 22.3 Å². The minimum atomic E-state index is -3.58. The van der Waals surface area contributed by atoms with Crippen LogP contribution in [0.5, 0.6) is 11.5 Å². The molecule has 0 radical (unpaired) electrons. The summed E-state index contributed by atoms with van der Waals surface area (Å²) >= 11 is 0. The lowest BCUT2D eigenvalue weighted by atomic mass is 10.2. The number of amides is 1. The van der Waals surface area contributed by atoms with E-state index in [0.717, 1.165) is 5.56 Å². The molecule has 0 saturated heterocycles. The van der Waals surface area contributed by atoms with Gasteiger partial charge in [0.2, 0.25) is 9.84 Å². The molecule has 0 N–H and O–H groups in total. The molecule has 0 spiro atoms. The summed E-state index contributed by atoms with van der Waals surface area (Å²) in [5, 5.41) is 0. The molecular formula is C23H23NO5S. The molecule has 3 aromatic carbocycles. The number of methoxy groups -OCH3 is 1. The van der Waals surface area contributed by atoms with Gasteiger partial charge in [-0.05, 0) is 42.5 Å². The minimum absolute atomic E-state index is 0.156. The molecule has 156 valence electrons. The average Bonchev–Trinajstić information content (AvgIpc) is 2.78. The first-order valence-electron chi connectivity index (χ1n) is 9.30. The number of nitrogens with zero attached hydrogens (tertiary/aromatic N) is 1. The first kappa shape index (κ1) is 21.4. The molecule has 0 bridgehead atoms. The molecule has 0 heterocycles. The Morgan fingerprint density at radius 2 is 1.47 bits per heavy atom. The summed E-state index contributed by atoms with van der Waals surface area (Å²) in [5.41, 5.74) is 0.895. The maximum absolute atomic E-state index is 12.6. The second-order valence-electron chi connectivity index (χ2n) is 6.64. The van der Waals surface area contributed by atoms with Crippen molar-refractivity contribution in [2.45, 2.75) is 16.3 Å². The Morgan fingerprint density at radius 3 is 2.13 bits per heavy atom. The zero-order valence-corrected chi connectivity index (χ0v) is 17.6. The van der Waals surface area contributed by atoms with Crippen molar-refractivity contribution in [3.05, 3.63) is 84.4 Å². The normalized spacial score (nSPS) is 11.0. The summed E-state index contributed by atoms with van der Waals surface area (Å²) in [7, 11) is -0.307. The van der Waals surface area contributed by atoms with Gasteiger partial charge in [0.15, 0.2) is 6.61 Å². The van der Waals surface area contributed by atoms with Crippen molar-refractivity contribution >= 4 is 15.7 Å². The van der Waals surface area contributed by atoms with Gasteiger partial charge < -0.3 is 14.4 Å². The van der Waals surface area contributed by atoms with Gasteiger partial charge in [-0.15, -0.1) is 0 Å². The minimum Gasteiger partial charge on any atom is -0.496 e. The number of rotatable bonds is 8. The highest BCUT2D eigenvalue weighted by molar-refractivity contribution is 7.91.